The molecule has 0 aromatic heterocycles. The van der Waals surface area contributed by atoms with Crippen molar-refractivity contribution < 1.29 is 14.3 Å². The highest BCUT2D eigenvalue weighted by molar-refractivity contribution is 5.71. The Hall–Kier alpha value is -3.11. The Morgan fingerprint density at radius 3 is 2.15 bits per heavy atom. The minimum atomic E-state index is -0.525. The standard InChI is InChI=1S/C30H37NO3/c1-5-33-27-18-12-17-26(21-27)28(22-29(32)34-30(2,3)4)31(23-25-15-10-7-11-16-25)20-19-24-13-8-6-9-14-24/h6-18,21,28H,5,19-20,22-23H2,1-4H3. The fourth-order valence-corrected chi connectivity index (χ4v) is 4.06. The number of esters is 1. The van der Waals surface area contributed by atoms with Crippen molar-refractivity contribution in [3.8, 4) is 5.75 Å². The predicted molar refractivity (Wildman–Crippen MR) is 138 cm³/mol. The van der Waals surface area contributed by atoms with E-state index in [1.165, 1.54) is 11.1 Å². The molecular formula is C30H37NO3. The van der Waals surface area contributed by atoms with Crippen LogP contribution in [0, 0.1) is 0 Å². The minimum absolute atomic E-state index is 0.140. The molecule has 4 heteroatoms. The third kappa shape index (κ3) is 8.35. The third-order valence-corrected chi connectivity index (χ3v) is 5.53. The van der Waals surface area contributed by atoms with Crippen LogP contribution in [0.1, 0.15) is 56.8 Å². The van der Waals surface area contributed by atoms with Crippen LogP contribution in [0.4, 0.5) is 0 Å². The SMILES string of the molecule is CCOc1cccc(C(CC(=O)OC(C)(C)C)N(CCc2ccccc2)Cc2ccccc2)c1. The van der Waals surface area contributed by atoms with E-state index in [0.717, 1.165) is 30.8 Å². The molecule has 0 heterocycles. The molecule has 1 atom stereocenters. The molecule has 0 amide bonds. The lowest BCUT2D eigenvalue weighted by Crippen LogP contribution is -2.34. The van der Waals surface area contributed by atoms with E-state index in [1.54, 1.807) is 0 Å². The van der Waals surface area contributed by atoms with Gasteiger partial charge < -0.3 is 9.47 Å². The number of carbonyl (C=O) groups is 1. The predicted octanol–water partition coefficient (Wildman–Crippen LogP) is 6.60. The molecule has 4 nitrogen and oxygen atoms in total. The Morgan fingerprint density at radius 2 is 1.53 bits per heavy atom. The molecular weight excluding hydrogens is 422 g/mol. The second-order valence-corrected chi connectivity index (χ2v) is 9.50. The molecule has 1 unspecified atom stereocenters. The van der Waals surface area contributed by atoms with Gasteiger partial charge in [0, 0.05) is 19.1 Å². The first-order valence-corrected chi connectivity index (χ1v) is 12.1. The van der Waals surface area contributed by atoms with Gasteiger partial charge in [-0.25, -0.2) is 0 Å². The summed E-state index contributed by atoms with van der Waals surface area (Å²) in [6, 6.07) is 28.9. The average molecular weight is 460 g/mol. The monoisotopic (exact) mass is 459 g/mol. The highest BCUT2D eigenvalue weighted by Crippen LogP contribution is 2.30. The summed E-state index contributed by atoms with van der Waals surface area (Å²) in [7, 11) is 0. The maximum absolute atomic E-state index is 13.0. The zero-order chi connectivity index (χ0) is 24.4. The number of rotatable bonds is 11. The minimum Gasteiger partial charge on any atom is -0.494 e. The second-order valence-electron chi connectivity index (χ2n) is 9.50. The number of hydrogen-bond donors (Lipinski definition) is 0. The molecule has 0 N–H and O–H groups in total. The van der Waals surface area contributed by atoms with Crippen molar-refractivity contribution in [2.45, 2.75) is 58.7 Å². The Morgan fingerprint density at radius 1 is 0.882 bits per heavy atom. The van der Waals surface area contributed by atoms with Crippen LogP contribution in [-0.2, 0) is 22.5 Å². The van der Waals surface area contributed by atoms with Crippen LogP contribution >= 0.6 is 0 Å². The first-order valence-electron chi connectivity index (χ1n) is 12.1. The Kier molecular flexibility index (Phi) is 9.29. The summed E-state index contributed by atoms with van der Waals surface area (Å²) in [5.74, 6) is 0.619. The molecule has 3 aromatic carbocycles. The zero-order valence-electron chi connectivity index (χ0n) is 20.9. The van der Waals surface area contributed by atoms with Crippen molar-refractivity contribution in [3.63, 3.8) is 0 Å². The van der Waals surface area contributed by atoms with Crippen molar-refractivity contribution in [1.29, 1.82) is 0 Å². The first kappa shape index (κ1) is 25.5. The lowest BCUT2D eigenvalue weighted by Gasteiger charge is -2.33. The topological polar surface area (TPSA) is 38.8 Å². The van der Waals surface area contributed by atoms with Crippen LogP contribution in [0.3, 0.4) is 0 Å². The Bertz CT molecular complexity index is 1010. The molecule has 0 saturated heterocycles. The smallest absolute Gasteiger partial charge is 0.308 e. The van der Waals surface area contributed by atoms with Gasteiger partial charge in [0.15, 0.2) is 0 Å². The lowest BCUT2D eigenvalue weighted by atomic mass is 9.99. The number of hydrogen-bond acceptors (Lipinski definition) is 4. The van der Waals surface area contributed by atoms with Gasteiger partial charge in [-0.15, -0.1) is 0 Å². The molecule has 0 radical (unpaired) electrons. The van der Waals surface area contributed by atoms with Gasteiger partial charge in [0.1, 0.15) is 11.4 Å². The normalized spacial score (nSPS) is 12.4. The molecule has 0 aliphatic carbocycles. The molecule has 0 spiro atoms. The van der Waals surface area contributed by atoms with Crippen LogP contribution in [-0.4, -0.2) is 29.6 Å². The van der Waals surface area contributed by atoms with Gasteiger partial charge in [-0.1, -0.05) is 72.8 Å². The third-order valence-electron chi connectivity index (χ3n) is 5.53. The Labute approximate surface area is 204 Å². The molecule has 0 aliphatic rings. The summed E-state index contributed by atoms with van der Waals surface area (Å²) in [5, 5.41) is 0. The summed E-state index contributed by atoms with van der Waals surface area (Å²) >= 11 is 0. The number of ether oxygens (including phenoxy) is 2. The zero-order valence-corrected chi connectivity index (χ0v) is 20.9. The van der Waals surface area contributed by atoms with E-state index in [0.29, 0.717) is 6.61 Å². The fraction of sp³-hybridized carbons (Fsp3) is 0.367. The fourth-order valence-electron chi connectivity index (χ4n) is 4.06. The van der Waals surface area contributed by atoms with Crippen molar-refractivity contribution >= 4 is 5.97 Å². The number of benzene rings is 3. The van der Waals surface area contributed by atoms with Crippen molar-refractivity contribution in [3.05, 3.63) is 102 Å². The molecule has 0 bridgehead atoms. The summed E-state index contributed by atoms with van der Waals surface area (Å²) in [6.07, 6.45) is 1.16. The van der Waals surface area contributed by atoms with Crippen molar-refractivity contribution in [2.75, 3.05) is 13.2 Å². The van der Waals surface area contributed by atoms with Gasteiger partial charge in [0.25, 0.3) is 0 Å². The van der Waals surface area contributed by atoms with E-state index in [4.69, 9.17) is 9.47 Å². The van der Waals surface area contributed by atoms with E-state index >= 15 is 0 Å². The molecule has 3 rings (SSSR count). The summed E-state index contributed by atoms with van der Waals surface area (Å²) in [4.78, 5) is 15.4. The van der Waals surface area contributed by atoms with Gasteiger partial charge in [-0.2, -0.15) is 0 Å². The van der Waals surface area contributed by atoms with E-state index in [2.05, 4.69) is 65.6 Å². The summed E-state index contributed by atoms with van der Waals surface area (Å²) in [6.45, 7) is 9.85. The molecule has 34 heavy (non-hydrogen) atoms. The lowest BCUT2D eigenvalue weighted by molar-refractivity contribution is -0.156. The van der Waals surface area contributed by atoms with Gasteiger partial charge in [-0.3, -0.25) is 9.69 Å². The van der Waals surface area contributed by atoms with E-state index in [1.807, 2.05) is 52.0 Å². The largest absolute Gasteiger partial charge is 0.494 e. The maximum atomic E-state index is 13.0. The van der Waals surface area contributed by atoms with Crippen LogP contribution in [0.5, 0.6) is 5.75 Å². The summed E-state index contributed by atoms with van der Waals surface area (Å²) in [5.41, 5.74) is 3.02. The number of carbonyl (C=O) groups excluding carboxylic acids is 1. The van der Waals surface area contributed by atoms with Gasteiger partial charge in [-0.05, 0) is 62.9 Å². The highest BCUT2D eigenvalue weighted by atomic mass is 16.6. The maximum Gasteiger partial charge on any atom is 0.308 e. The molecule has 3 aromatic rings. The van der Waals surface area contributed by atoms with Crippen molar-refractivity contribution in [2.24, 2.45) is 0 Å². The van der Waals surface area contributed by atoms with Crippen LogP contribution in [0.15, 0.2) is 84.9 Å². The van der Waals surface area contributed by atoms with Crippen LogP contribution < -0.4 is 4.74 Å². The van der Waals surface area contributed by atoms with Gasteiger partial charge in [0.2, 0.25) is 0 Å². The molecule has 0 aliphatic heterocycles. The van der Waals surface area contributed by atoms with Crippen molar-refractivity contribution in [1.82, 2.24) is 4.90 Å². The van der Waals surface area contributed by atoms with E-state index in [9.17, 15) is 4.79 Å². The van der Waals surface area contributed by atoms with E-state index in [-0.39, 0.29) is 18.4 Å². The number of nitrogens with zero attached hydrogens (tertiary/aromatic N) is 1. The molecule has 180 valence electrons. The molecule has 0 saturated carbocycles. The van der Waals surface area contributed by atoms with Crippen LogP contribution in [0.25, 0.3) is 0 Å². The Balaban J connectivity index is 1.94. The second kappa shape index (κ2) is 12.4. The van der Waals surface area contributed by atoms with Gasteiger partial charge in [0.05, 0.1) is 13.0 Å². The highest BCUT2D eigenvalue weighted by Gasteiger charge is 2.27. The summed E-state index contributed by atoms with van der Waals surface area (Å²) < 4.78 is 11.5. The average Bonchev–Trinajstić information content (AvgIpc) is 2.81. The first-order chi connectivity index (χ1) is 16.3. The van der Waals surface area contributed by atoms with Crippen LogP contribution in [0.2, 0.25) is 0 Å². The quantitative estimate of drug-likeness (QED) is 0.303. The van der Waals surface area contributed by atoms with E-state index < -0.39 is 5.60 Å². The van der Waals surface area contributed by atoms with Gasteiger partial charge >= 0.3 is 5.97 Å². The molecule has 0 fully saturated rings.